The van der Waals surface area contributed by atoms with E-state index in [0.717, 1.165) is 0 Å². The van der Waals surface area contributed by atoms with Gasteiger partial charge in [-0.3, -0.25) is 9.59 Å². The van der Waals surface area contributed by atoms with Crippen molar-refractivity contribution in [3.8, 4) is 5.75 Å². The summed E-state index contributed by atoms with van der Waals surface area (Å²) in [5, 5.41) is 21.3. The number of nitrogens with zero attached hydrogens (tertiary/aromatic N) is 2. The number of aromatic hydroxyl groups is 1. The molecule has 1 amide bonds. The highest BCUT2D eigenvalue weighted by molar-refractivity contribution is 7.14. The Morgan fingerprint density at radius 2 is 1.88 bits per heavy atom. The van der Waals surface area contributed by atoms with E-state index in [1.807, 2.05) is 0 Å². The Labute approximate surface area is 192 Å². The van der Waals surface area contributed by atoms with Gasteiger partial charge in [-0.25, -0.2) is 9.37 Å². The average Bonchev–Trinajstić information content (AvgIpc) is 3.22. The summed E-state index contributed by atoms with van der Waals surface area (Å²) in [4.78, 5) is 32.4. The van der Waals surface area contributed by atoms with Crippen molar-refractivity contribution in [2.75, 3.05) is 0 Å². The molecule has 0 aliphatic carbocycles. The van der Waals surface area contributed by atoms with E-state index >= 15 is 0 Å². The fraction of sp³-hybridized carbons (Fsp3) is 0.174. The van der Waals surface area contributed by atoms with Crippen LogP contribution in [0, 0.1) is 19.7 Å². The van der Waals surface area contributed by atoms with E-state index in [0.29, 0.717) is 26.7 Å². The van der Waals surface area contributed by atoms with Crippen LogP contribution in [0.3, 0.4) is 0 Å². The molecule has 32 heavy (non-hydrogen) atoms. The second-order valence-corrected chi connectivity index (χ2v) is 9.02. The highest BCUT2D eigenvalue weighted by atomic mass is 35.5. The van der Waals surface area contributed by atoms with E-state index < -0.39 is 29.3 Å². The molecule has 0 saturated heterocycles. The predicted molar refractivity (Wildman–Crippen MR) is 118 cm³/mol. The van der Waals surface area contributed by atoms with Crippen LogP contribution >= 0.6 is 22.9 Å². The predicted octanol–water partition coefficient (Wildman–Crippen LogP) is 5.04. The van der Waals surface area contributed by atoms with Gasteiger partial charge in [-0.1, -0.05) is 29.8 Å². The maximum absolute atomic E-state index is 13.5. The highest BCUT2D eigenvalue weighted by Gasteiger charge is 2.44. The van der Waals surface area contributed by atoms with E-state index in [2.05, 4.69) is 4.98 Å². The van der Waals surface area contributed by atoms with Crippen LogP contribution in [0.1, 0.15) is 37.5 Å². The van der Waals surface area contributed by atoms with Gasteiger partial charge in [-0.2, -0.15) is 0 Å². The van der Waals surface area contributed by atoms with Gasteiger partial charge in [-0.05, 0) is 49.2 Å². The molecule has 6 nitrogen and oxygen atoms in total. The number of amides is 1. The number of halogens is 2. The van der Waals surface area contributed by atoms with Crippen LogP contribution in [0.25, 0.3) is 0 Å². The Kier molecular flexibility index (Phi) is 5.75. The quantitative estimate of drug-likeness (QED) is 0.508. The first kappa shape index (κ1) is 22.0. The van der Waals surface area contributed by atoms with Crippen molar-refractivity contribution in [1.29, 1.82) is 0 Å². The first-order valence-corrected chi connectivity index (χ1v) is 10.8. The number of ketones is 1. The molecule has 0 radical (unpaired) electrons. The summed E-state index contributed by atoms with van der Waals surface area (Å²) in [6, 6.07) is 8.97. The van der Waals surface area contributed by atoms with Crippen molar-refractivity contribution >= 4 is 34.6 Å². The third-order valence-electron chi connectivity index (χ3n) is 5.21. The molecule has 9 heteroatoms. The minimum atomic E-state index is -0.958. The van der Waals surface area contributed by atoms with Crippen molar-refractivity contribution in [3.63, 3.8) is 0 Å². The number of aliphatic hydroxyl groups excluding tert-OH is 1. The number of hydrogen-bond acceptors (Lipinski definition) is 6. The van der Waals surface area contributed by atoms with E-state index in [9.17, 15) is 24.2 Å². The molecule has 2 heterocycles. The van der Waals surface area contributed by atoms with Gasteiger partial charge < -0.3 is 15.1 Å². The summed E-state index contributed by atoms with van der Waals surface area (Å²) < 4.78 is 13.3. The van der Waals surface area contributed by atoms with Gasteiger partial charge in [0.1, 0.15) is 11.6 Å². The van der Waals surface area contributed by atoms with Gasteiger partial charge in [0.2, 0.25) is 5.78 Å². The molecule has 1 unspecified atom stereocenters. The molecular formula is C23H18ClFN2O4S. The number of phenolic OH excluding ortho intramolecular Hbond substituents is 1. The lowest BCUT2D eigenvalue weighted by molar-refractivity contribution is -0.130. The SMILES string of the molecule is Cc1nc(C)c(C(=O)C2=C(O)C(=O)N(Cc3ccc(F)cc3)C2c2ccc(O)c(Cl)c2)s1. The topological polar surface area (TPSA) is 90.7 Å². The summed E-state index contributed by atoms with van der Waals surface area (Å²) in [7, 11) is 0. The van der Waals surface area contributed by atoms with Gasteiger partial charge in [-0.15, -0.1) is 11.3 Å². The Morgan fingerprint density at radius 3 is 2.47 bits per heavy atom. The van der Waals surface area contributed by atoms with Crippen LogP contribution in [0.2, 0.25) is 5.02 Å². The molecule has 2 N–H and O–H groups in total. The molecule has 164 valence electrons. The lowest BCUT2D eigenvalue weighted by Crippen LogP contribution is -2.30. The average molecular weight is 473 g/mol. The molecule has 4 rings (SSSR count). The Bertz CT molecular complexity index is 1270. The Balaban J connectivity index is 1.83. The zero-order valence-corrected chi connectivity index (χ0v) is 18.7. The van der Waals surface area contributed by atoms with Crippen LogP contribution < -0.4 is 0 Å². The number of carbonyl (C=O) groups is 2. The number of aromatic nitrogens is 1. The van der Waals surface area contributed by atoms with Gasteiger partial charge in [0, 0.05) is 6.54 Å². The zero-order chi connectivity index (χ0) is 23.2. The first-order valence-electron chi connectivity index (χ1n) is 9.63. The number of aryl methyl sites for hydroxylation is 2. The van der Waals surface area contributed by atoms with E-state index in [-0.39, 0.29) is 22.9 Å². The van der Waals surface area contributed by atoms with Crippen LogP contribution in [0.4, 0.5) is 4.39 Å². The molecule has 0 spiro atoms. The van der Waals surface area contributed by atoms with Crippen molar-refractivity contribution in [2.45, 2.75) is 26.4 Å². The van der Waals surface area contributed by atoms with Crippen molar-refractivity contribution in [1.82, 2.24) is 9.88 Å². The number of rotatable bonds is 5. The van der Waals surface area contributed by atoms with E-state index in [4.69, 9.17) is 11.6 Å². The van der Waals surface area contributed by atoms with E-state index in [1.54, 1.807) is 13.8 Å². The molecular weight excluding hydrogens is 455 g/mol. The fourth-order valence-electron chi connectivity index (χ4n) is 3.74. The van der Waals surface area contributed by atoms with Crippen molar-refractivity contribution in [2.24, 2.45) is 0 Å². The van der Waals surface area contributed by atoms with Gasteiger partial charge >= 0.3 is 0 Å². The first-order chi connectivity index (χ1) is 15.2. The molecule has 1 aliphatic heterocycles. The molecule has 0 fully saturated rings. The van der Waals surface area contributed by atoms with Crippen molar-refractivity contribution < 1.29 is 24.2 Å². The second-order valence-electron chi connectivity index (χ2n) is 7.41. The number of aliphatic hydroxyl groups is 1. The highest BCUT2D eigenvalue weighted by Crippen LogP contribution is 2.42. The summed E-state index contributed by atoms with van der Waals surface area (Å²) in [6.07, 6.45) is 0. The Hall–Kier alpha value is -3.23. The smallest absolute Gasteiger partial charge is 0.290 e. The number of phenols is 1. The van der Waals surface area contributed by atoms with Gasteiger partial charge in [0.25, 0.3) is 5.91 Å². The monoisotopic (exact) mass is 472 g/mol. The van der Waals surface area contributed by atoms with Crippen LogP contribution in [0.5, 0.6) is 5.75 Å². The third-order valence-corrected chi connectivity index (χ3v) is 6.59. The number of Topliss-reactive ketones (excluding diaryl/α,β-unsaturated/α-hetero) is 1. The normalized spacial score (nSPS) is 16.2. The summed E-state index contributed by atoms with van der Waals surface area (Å²) in [5.41, 5.74) is 1.46. The van der Waals surface area contributed by atoms with Crippen LogP contribution in [-0.4, -0.2) is 31.8 Å². The summed E-state index contributed by atoms with van der Waals surface area (Å²) in [5.74, 6) is -2.46. The maximum Gasteiger partial charge on any atom is 0.290 e. The number of benzene rings is 2. The maximum atomic E-state index is 13.5. The third kappa shape index (κ3) is 3.87. The lowest BCUT2D eigenvalue weighted by Gasteiger charge is -2.27. The fourth-order valence-corrected chi connectivity index (χ4v) is 4.80. The number of hydrogen-bond donors (Lipinski definition) is 2. The minimum Gasteiger partial charge on any atom is -0.506 e. The Morgan fingerprint density at radius 1 is 1.19 bits per heavy atom. The molecule has 2 aromatic carbocycles. The summed E-state index contributed by atoms with van der Waals surface area (Å²) >= 11 is 7.28. The van der Waals surface area contributed by atoms with Gasteiger partial charge in [0.15, 0.2) is 5.76 Å². The van der Waals surface area contributed by atoms with E-state index in [1.165, 1.54) is 58.7 Å². The van der Waals surface area contributed by atoms with Crippen LogP contribution in [-0.2, 0) is 11.3 Å². The lowest BCUT2D eigenvalue weighted by atomic mass is 9.94. The standard InChI is InChI=1S/C23H18ClFN2O4S/c1-11-22(32-12(2)26-11)20(29)18-19(14-5-8-17(28)16(24)9-14)27(23(31)21(18)30)10-13-3-6-15(25)7-4-13/h3-9,19,28,30H,10H2,1-2H3. The minimum absolute atomic E-state index is 0.0177. The zero-order valence-electron chi connectivity index (χ0n) is 17.1. The number of carbonyl (C=O) groups excluding carboxylic acids is 2. The van der Waals surface area contributed by atoms with Crippen molar-refractivity contribution in [3.05, 3.63) is 91.3 Å². The molecule has 1 aliphatic rings. The second kappa shape index (κ2) is 8.37. The molecule has 1 atom stereocenters. The number of thiazole rings is 1. The molecule has 0 bridgehead atoms. The van der Waals surface area contributed by atoms with Crippen LogP contribution in [0.15, 0.2) is 53.8 Å². The van der Waals surface area contributed by atoms with Gasteiger partial charge in [0.05, 0.1) is 32.2 Å². The molecule has 1 aromatic heterocycles. The molecule has 3 aromatic rings. The largest absolute Gasteiger partial charge is 0.506 e. The summed E-state index contributed by atoms with van der Waals surface area (Å²) in [6.45, 7) is 3.47. The molecule has 0 saturated carbocycles.